The summed E-state index contributed by atoms with van der Waals surface area (Å²) in [6, 6.07) is 19.2. The van der Waals surface area contributed by atoms with Crippen LogP contribution in [0.2, 0.25) is 0 Å². The molecule has 0 radical (unpaired) electrons. The van der Waals surface area contributed by atoms with Crippen LogP contribution in [0.5, 0.6) is 5.75 Å². The van der Waals surface area contributed by atoms with E-state index in [0.717, 1.165) is 22.0 Å². The lowest BCUT2D eigenvalue weighted by molar-refractivity contribution is 0.0533. The van der Waals surface area contributed by atoms with Crippen LogP contribution in [0, 0.1) is 12.7 Å². The standard InChI is InChI=1S/C33H33FN4O4/c1-20-10-11-26-25(18-20)23(12-13-35-33(41)38-14-16-42-17-15-38)30(36-26)28(21-6-5-7-22(34)19-21)29-31(39)24-8-3-4-9-27(24)37(2)32(29)40/h3-11,18-19,28,36,39H,12-17H2,1-2H3,(H,35,41). The minimum Gasteiger partial charge on any atom is -0.507 e. The molecule has 1 unspecified atom stereocenters. The number of aromatic nitrogens is 2. The monoisotopic (exact) mass is 568 g/mol. The topological polar surface area (TPSA) is 99.6 Å². The molecule has 42 heavy (non-hydrogen) atoms. The summed E-state index contributed by atoms with van der Waals surface area (Å²) in [5.41, 5.74) is 4.37. The van der Waals surface area contributed by atoms with Crippen molar-refractivity contribution in [2.75, 3.05) is 32.8 Å². The summed E-state index contributed by atoms with van der Waals surface area (Å²) < 4.78 is 21.6. The molecular weight excluding hydrogens is 535 g/mol. The van der Waals surface area contributed by atoms with Crippen molar-refractivity contribution >= 4 is 27.8 Å². The Labute approximate surface area is 242 Å². The van der Waals surface area contributed by atoms with Gasteiger partial charge < -0.3 is 29.6 Å². The van der Waals surface area contributed by atoms with Gasteiger partial charge in [-0.2, -0.15) is 0 Å². The van der Waals surface area contributed by atoms with Gasteiger partial charge in [-0.1, -0.05) is 35.9 Å². The summed E-state index contributed by atoms with van der Waals surface area (Å²) in [6.45, 7) is 4.45. The zero-order valence-electron chi connectivity index (χ0n) is 23.6. The predicted octanol–water partition coefficient (Wildman–Crippen LogP) is 4.94. The Bertz CT molecular complexity index is 1860. The van der Waals surface area contributed by atoms with Crippen LogP contribution < -0.4 is 10.9 Å². The molecule has 8 nitrogen and oxygen atoms in total. The molecule has 1 atom stereocenters. The number of aryl methyl sites for hydroxylation is 2. The van der Waals surface area contributed by atoms with Crippen molar-refractivity contribution in [3.63, 3.8) is 0 Å². The Morgan fingerprint density at radius 3 is 2.64 bits per heavy atom. The highest BCUT2D eigenvalue weighted by atomic mass is 19.1. The van der Waals surface area contributed by atoms with Crippen molar-refractivity contribution in [1.29, 1.82) is 0 Å². The molecule has 2 aromatic heterocycles. The molecule has 1 aliphatic rings. The van der Waals surface area contributed by atoms with Crippen LogP contribution in [0.15, 0.2) is 71.5 Å². The lowest BCUT2D eigenvalue weighted by Gasteiger charge is -2.27. The normalized spacial score (nSPS) is 14.4. The highest BCUT2D eigenvalue weighted by Gasteiger charge is 2.30. The summed E-state index contributed by atoms with van der Waals surface area (Å²) in [5, 5.41) is 16.1. The lowest BCUT2D eigenvalue weighted by atomic mass is 9.85. The Balaban J connectivity index is 1.52. The number of morpholine rings is 1. The van der Waals surface area contributed by atoms with Gasteiger partial charge in [-0.15, -0.1) is 0 Å². The summed E-state index contributed by atoms with van der Waals surface area (Å²) in [4.78, 5) is 32.0. The number of fused-ring (bicyclic) bond motifs is 2. The molecule has 2 amide bonds. The number of urea groups is 1. The zero-order valence-corrected chi connectivity index (χ0v) is 23.6. The lowest BCUT2D eigenvalue weighted by Crippen LogP contribution is -2.46. The number of para-hydroxylation sites is 1. The predicted molar refractivity (Wildman–Crippen MR) is 161 cm³/mol. The number of nitrogens with one attached hydrogen (secondary N) is 2. The number of hydrogen-bond donors (Lipinski definition) is 3. The summed E-state index contributed by atoms with van der Waals surface area (Å²) in [5.74, 6) is -1.38. The second-order valence-electron chi connectivity index (χ2n) is 10.8. The first-order chi connectivity index (χ1) is 20.3. The van der Waals surface area contributed by atoms with Crippen LogP contribution in [0.1, 0.15) is 33.9 Å². The quantitative estimate of drug-likeness (QED) is 0.270. The maximum Gasteiger partial charge on any atom is 0.317 e. The Kier molecular flexibility index (Phi) is 7.43. The number of carbonyl (C=O) groups is 1. The number of nitrogens with zero attached hydrogens (tertiary/aromatic N) is 2. The molecule has 1 saturated heterocycles. The second kappa shape index (κ2) is 11.3. The first-order valence-electron chi connectivity index (χ1n) is 14.1. The molecule has 3 N–H and O–H groups in total. The fourth-order valence-electron chi connectivity index (χ4n) is 6.00. The van der Waals surface area contributed by atoms with E-state index in [-0.39, 0.29) is 22.9 Å². The van der Waals surface area contributed by atoms with Gasteiger partial charge in [-0.05, 0) is 60.9 Å². The highest BCUT2D eigenvalue weighted by molar-refractivity contribution is 5.89. The van der Waals surface area contributed by atoms with Crippen LogP contribution >= 0.6 is 0 Å². The molecule has 3 aromatic carbocycles. The largest absolute Gasteiger partial charge is 0.507 e. The van der Waals surface area contributed by atoms with E-state index in [1.807, 2.05) is 31.2 Å². The smallest absolute Gasteiger partial charge is 0.317 e. The van der Waals surface area contributed by atoms with Gasteiger partial charge in [-0.3, -0.25) is 4.79 Å². The van der Waals surface area contributed by atoms with Gasteiger partial charge in [0.15, 0.2) is 0 Å². The van der Waals surface area contributed by atoms with Gasteiger partial charge in [0.1, 0.15) is 11.6 Å². The number of hydrogen-bond acceptors (Lipinski definition) is 4. The van der Waals surface area contributed by atoms with Crippen molar-refractivity contribution in [1.82, 2.24) is 19.8 Å². The summed E-state index contributed by atoms with van der Waals surface area (Å²) in [7, 11) is 1.67. The van der Waals surface area contributed by atoms with Gasteiger partial charge >= 0.3 is 6.03 Å². The van der Waals surface area contributed by atoms with Crippen LogP contribution in [0.25, 0.3) is 21.8 Å². The highest BCUT2D eigenvalue weighted by Crippen LogP contribution is 2.41. The molecule has 0 saturated carbocycles. The molecule has 1 aliphatic heterocycles. The third-order valence-electron chi connectivity index (χ3n) is 8.11. The SMILES string of the molecule is Cc1ccc2[nH]c(C(c3cccc(F)c3)c3c(O)c4ccccc4n(C)c3=O)c(CCNC(=O)N3CCOCC3)c2c1. The van der Waals surface area contributed by atoms with Gasteiger partial charge in [-0.25, -0.2) is 9.18 Å². The molecule has 6 rings (SSSR count). The van der Waals surface area contributed by atoms with Crippen LogP contribution in [-0.4, -0.2) is 58.4 Å². The summed E-state index contributed by atoms with van der Waals surface area (Å²) in [6.07, 6.45) is 0.454. The van der Waals surface area contributed by atoms with Crippen molar-refractivity contribution in [3.05, 3.63) is 111 Å². The van der Waals surface area contributed by atoms with E-state index in [1.54, 1.807) is 36.2 Å². The maximum absolute atomic E-state index is 14.7. The fourth-order valence-corrected chi connectivity index (χ4v) is 6.00. The fraction of sp³-hybridized carbons (Fsp3) is 0.273. The molecule has 0 aliphatic carbocycles. The van der Waals surface area contributed by atoms with Crippen molar-refractivity contribution in [3.8, 4) is 5.75 Å². The second-order valence-corrected chi connectivity index (χ2v) is 10.8. The minimum absolute atomic E-state index is 0.135. The molecular formula is C33H33FN4O4. The first kappa shape index (κ1) is 27.5. The third kappa shape index (κ3) is 5.00. The zero-order chi connectivity index (χ0) is 29.4. The van der Waals surface area contributed by atoms with Crippen molar-refractivity contribution in [2.45, 2.75) is 19.3 Å². The van der Waals surface area contributed by atoms with Crippen LogP contribution in [0.3, 0.4) is 0 Å². The molecule has 1 fully saturated rings. The van der Waals surface area contributed by atoms with E-state index in [2.05, 4.69) is 16.4 Å². The molecule has 216 valence electrons. The third-order valence-corrected chi connectivity index (χ3v) is 8.11. The van der Waals surface area contributed by atoms with E-state index in [1.165, 1.54) is 16.7 Å². The number of H-pyrrole nitrogens is 1. The first-order valence-corrected chi connectivity index (χ1v) is 14.1. The Hall–Kier alpha value is -4.63. The van der Waals surface area contributed by atoms with Crippen molar-refractivity contribution < 1.29 is 19.0 Å². The maximum atomic E-state index is 14.7. The van der Waals surface area contributed by atoms with Gasteiger partial charge in [0.25, 0.3) is 5.56 Å². The molecule has 0 spiro atoms. The molecule has 5 aromatic rings. The van der Waals surface area contributed by atoms with E-state index in [4.69, 9.17) is 4.74 Å². The van der Waals surface area contributed by atoms with Gasteiger partial charge in [0.05, 0.1) is 30.2 Å². The average Bonchev–Trinajstić information content (AvgIpc) is 3.35. The number of rotatable bonds is 6. The Morgan fingerprint density at radius 2 is 1.86 bits per heavy atom. The minimum atomic E-state index is -0.804. The number of benzene rings is 3. The molecule has 9 heteroatoms. The Morgan fingerprint density at radius 1 is 1.07 bits per heavy atom. The number of aromatic hydroxyl groups is 1. The van der Waals surface area contributed by atoms with Crippen LogP contribution in [0.4, 0.5) is 9.18 Å². The van der Waals surface area contributed by atoms with Crippen LogP contribution in [-0.2, 0) is 18.2 Å². The van der Waals surface area contributed by atoms with E-state index < -0.39 is 11.7 Å². The summed E-state index contributed by atoms with van der Waals surface area (Å²) >= 11 is 0. The number of carbonyl (C=O) groups excluding carboxylic acids is 1. The number of ether oxygens (including phenoxy) is 1. The van der Waals surface area contributed by atoms with E-state index in [0.29, 0.717) is 61.4 Å². The molecule has 3 heterocycles. The van der Waals surface area contributed by atoms with E-state index >= 15 is 0 Å². The van der Waals surface area contributed by atoms with Crippen molar-refractivity contribution in [2.24, 2.45) is 7.05 Å². The van der Waals surface area contributed by atoms with E-state index in [9.17, 15) is 19.1 Å². The molecule has 0 bridgehead atoms. The van der Waals surface area contributed by atoms with Gasteiger partial charge in [0.2, 0.25) is 0 Å². The number of amides is 2. The number of pyridine rings is 1. The average molecular weight is 569 g/mol. The van der Waals surface area contributed by atoms with Gasteiger partial charge in [0, 0.05) is 48.7 Å². The number of halogens is 1. The number of aromatic amines is 1.